The van der Waals surface area contributed by atoms with E-state index in [2.05, 4.69) is 35.3 Å². The van der Waals surface area contributed by atoms with Gasteiger partial charge in [0.2, 0.25) is 0 Å². The Morgan fingerprint density at radius 3 is 1.52 bits per heavy atom. The Morgan fingerprint density at radius 1 is 0.667 bits per heavy atom. The lowest BCUT2D eigenvalue weighted by atomic mass is 9.79. The molecule has 0 radical (unpaired) electrons. The Balaban J connectivity index is 1.15. The molecule has 2 amide bonds. The molecule has 7 rings (SSSR count). The number of ether oxygens (including phenoxy) is 3. The third kappa shape index (κ3) is 8.22. The topological polar surface area (TPSA) is 187 Å². The minimum atomic E-state index is -4.65. The van der Waals surface area contributed by atoms with Crippen molar-refractivity contribution >= 4 is 24.0 Å². The normalized spacial score (nSPS) is 14.7. The fourth-order valence-corrected chi connectivity index (χ4v) is 7.38. The zero-order valence-electron chi connectivity index (χ0n) is 35.0. The highest BCUT2D eigenvalue weighted by atomic mass is 19.3. The van der Waals surface area contributed by atoms with Crippen molar-refractivity contribution in [3.63, 3.8) is 0 Å². The average molecular weight is 873 g/mol. The summed E-state index contributed by atoms with van der Waals surface area (Å²) in [4.78, 5) is 66.3. The van der Waals surface area contributed by atoms with Gasteiger partial charge in [0.15, 0.2) is 11.6 Å². The number of carbonyl (C=O) groups is 4. The first-order valence-corrected chi connectivity index (χ1v) is 19.8. The molecule has 1 aliphatic carbocycles. The molecule has 330 valence electrons. The van der Waals surface area contributed by atoms with E-state index in [0.717, 1.165) is 12.1 Å². The van der Waals surface area contributed by atoms with Crippen LogP contribution in [0.5, 0.6) is 0 Å². The Kier molecular flexibility index (Phi) is 12.2. The predicted molar refractivity (Wildman–Crippen MR) is 222 cm³/mol. The molecular weight excluding hydrogens is 829 g/mol. The second kappa shape index (κ2) is 17.4. The van der Waals surface area contributed by atoms with Gasteiger partial charge in [-0.25, -0.2) is 19.6 Å². The second-order valence-electron chi connectivity index (χ2n) is 15.5. The van der Waals surface area contributed by atoms with Crippen LogP contribution in [0.3, 0.4) is 0 Å². The van der Waals surface area contributed by atoms with Crippen LogP contribution in [-0.2, 0) is 26.1 Å². The number of amides is 2. The molecule has 2 atom stereocenters. The number of rotatable bonds is 13. The Bertz CT molecular complexity index is 2680. The molecule has 0 aliphatic heterocycles. The summed E-state index contributed by atoms with van der Waals surface area (Å²) in [6.45, 7) is 7.16. The minimum absolute atomic E-state index is 0.0123. The summed E-state index contributed by atoms with van der Waals surface area (Å²) in [7, 11) is 2.64. The SMILES string of the molecule is COCCOC(=O)N[C@H](C(=O)n1cccc1-c1ncc(-c2ccc3c(c2)C(F)(F)C(F)(F)c2cc(-c4cnc(-c5cccn5C(=O)[C@@H](NC(=O)OC)C(C)C)[nH]4)ccc2-3)[nH]1)C(C)C. The standard InChI is InChI=1S/C44H44F4N8O7/c1-23(2)35(53-41(59)62-6)39(57)55-15-7-9-33(55)37-49-21-31(51-37)25-11-13-27-28-14-12-26(20-30(28)44(47,48)43(45,46)29(27)19-25)32-22-50-38(52-32)34-10-8-16-56(34)40(58)36(24(3)4)54-42(60)63-18-17-61-5/h7-16,19-24,35-36H,17-18H2,1-6H3,(H,49,51)(H,50,52)(H,53,59)(H,54,60)/t35-,36-/m0/s1. The number of nitrogens with one attached hydrogen (secondary N) is 4. The van der Waals surface area contributed by atoms with Crippen LogP contribution in [0.1, 0.15) is 48.4 Å². The number of imidazole rings is 2. The van der Waals surface area contributed by atoms with Gasteiger partial charge in [0.1, 0.15) is 18.7 Å². The van der Waals surface area contributed by atoms with Gasteiger partial charge in [0.25, 0.3) is 11.8 Å². The van der Waals surface area contributed by atoms with Gasteiger partial charge in [-0.3, -0.25) is 18.7 Å². The maximum absolute atomic E-state index is 16.2. The molecule has 0 bridgehead atoms. The molecule has 1 aliphatic rings. The molecule has 0 saturated carbocycles. The Labute approximate surface area is 358 Å². The number of hydrogen-bond acceptors (Lipinski definition) is 9. The number of benzene rings is 2. The van der Waals surface area contributed by atoms with Crippen LogP contribution >= 0.6 is 0 Å². The van der Waals surface area contributed by atoms with Gasteiger partial charge in [0, 0.05) is 41.8 Å². The fraction of sp³-hybridized carbons (Fsp3) is 0.318. The first kappa shape index (κ1) is 44.0. The van der Waals surface area contributed by atoms with Crippen LogP contribution in [0, 0.1) is 11.8 Å². The monoisotopic (exact) mass is 872 g/mol. The molecule has 0 unspecified atom stereocenters. The Hall–Kier alpha value is -7.02. The highest BCUT2D eigenvalue weighted by Gasteiger charge is 2.62. The zero-order valence-corrected chi connectivity index (χ0v) is 35.0. The molecule has 2 aromatic carbocycles. The third-order valence-corrected chi connectivity index (χ3v) is 10.7. The van der Waals surface area contributed by atoms with Gasteiger partial charge in [-0.15, -0.1) is 0 Å². The van der Waals surface area contributed by atoms with Crippen molar-refractivity contribution in [3.05, 3.63) is 96.6 Å². The lowest BCUT2D eigenvalue weighted by Crippen LogP contribution is -2.47. The molecule has 0 saturated heterocycles. The fourth-order valence-electron chi connectivity index (χ4n) is 7.38. The molecule has 15 nitrogen and oxygen atoms in total. The van der Waals surface area contributed by atoms with Crippen LogP contribution in [-0.4, -0.2) is 92.6 Å². The van der Waals surface area contributed by atoms with E-state index < -0.39 is 59.1 Å². The Morgan fingerprint density at radius 2 is 1.11 bits per heavy atom. The van der Waals surface area contributed by atoms with Crippen molar-refractivity contribution in [3.8, 4) is 56.7 Å². The van der Waals surface area contributed by atoms with E-state index in [4.69, 9.17) is 9.47 Å². The molecule has 0 spiro atoms. The van der Waals surface area contributed by atoms with E-state index >= 15 is 17.6 Å². The summed E-state index contributed by atoms with van der Waals surface area (Å²) in [5, 5.41) is 5.11. The second-order valence-corrected chi connectivity index (χ2v) is 15.5. The summed E-state index contributed by atoms with van der Waals surface area (Å²) in [5.41, 5.74) is -0.634. The van der Waals surface area contributed by atoms with Crippen LogP contribution < -0.4 is 10.6 Å². The molecule has 0 fully saturated rings. The van der Waals surface area contributed by atoms with Crippen molar-refractivity contribution in [1.82, 2.24) is 39.7 Å². The quantitative estimate of drug-likeness (QED) is 0.0654. The van der Waals surface area contributed by atoms with Gasteiger partial charge in [0.05, 0.1) is 48.9 Å². The molecular formula is C44H44F4N8O7. The summed E-state index contributed by atoms with van der Waals surface area (Å²) in [6.07, 6.45) is 4.08. The summed E-state index contributed by atoms with van der Waals surface area (Å²) < 4.78 is 81.8. The average Bonchev–Trinajstić information content (AvgIpc) is 4.10. The number of carbonyl (C=O) groups excluding carboxylic acids is 4. The van der Waals surface area contributed by atoms with Gasteiger partial charge in [-0.1, -0.05) is 52.0 Å². The molecule has 19 heteroatoms. The van der Waals surface area contributed by atoms with Gasteiger partial charge in [-0.2, -0.15) is 17.6 Å². The summed E-state index contributed by atoms with van der Waals surface area (Å²) >= 11 is 0. The molecule has 4 heterocycles. The maximum Gasteiger partial charge on any atom is 0.407 e. The summed E-state index contributed by atoms with van der Waals surface area (Å²) in [5.74, 6) is -10.6. The van der Waals surface area contributed by atoms with Crippen LogP contribution in [0.2, 0.25) is 0 Å². The highest BCUT2D eigenvalue weighted by molar-refractivity contribution is 5.92. The molecule has 4 aromatic heterocycles. The number of nitrogens with zero attached hydrogens (tertiary/aromatic N) is 4. The van der Waals surface area contributed by atoms with E-state index in [9.17, 15) is 19.2 Å². The number of H-pyrrole nitrogens is 2. The van der Waals surface area contributed by atoms with E-state index in [-0.39, 0.29) is 70.3 Å². The van der Waals surface area contributed by atoms with Crippen molar-refractivity contribution in [2.24, 2.45) is 11.8 Å². The maximum atomic E-state index is 16.2. The number of alkyl halides is 4. The minimum Gasteiger partial charge on any atom is -0.453 e. The number of methoxy groups -OCH3 is 2. The number of aromatic amines is 2. The van der Waals surface area contributed by atoms with E-state index in [1.54, 1.807) is 52.0 Å². The van der Waals surface area contributed by atoms with Crippen LogP contribution in [0.25, 0.3) is 56.7 Å². The van der Waals surface area contributed by atoms with Crippen molar-refractivity contribution in [2.45, 2.75) is 51.6 Å². The van der Waals surface area contributed by atoms with Crippen molar-refractivity contribution in [2.75, 3.05) is 27.4 Å². The number of fused-ring (bicyclic) bond motifs is 3. The number of alkyl carbamates (subject to hydrolysis) is 2. The highest BCUT2D eigenvalue weighted by Crippen LogP contribution is 2.58. The van der Waals surface area contributed by atoms with Crippen LogP contribution in [0.4, 0.5) is 27.2 Å². The molecule has 4 N–H and O–H groups in total. The lowest BCUT2D eigenvalue weighted by Gasteiger charge is -2.35. The largest absolute Gasteiger partial charge is 0.453 e. The van der Waals surface area contributed by atoms with Gasteiger partial charge >= 0.3 is 24.0 Å². The summed E-state index contributed by atoms with van der Waals surface area (Å²) in [6, 6.07) is 12.2. The van der Waals surface area contributed by atoms with E-state index in [1.165, 1.54) is 72.4 Å². The van der Waals surface area contributed by atoms with E-state index in [0.29, 0.717) is 11.4 Å². The lowest BCUT2D eigenvalue weighted by molar-refractivity contribution is -0.225. The number of hydrogen-bond donors (Lipinski definition) is 4. The first-order valence-electron chi connectivity index (χ1n) is 19.8. The zero-order chi connectivity index (χ0) is 45.4. The number of halogens is 4. The smallest absolute Gasteiger partial charge is 0.407 e. The van der Waals surface area contributed by atoms with Crippen LogP contribution in [0.15, 0.2) is 85.5 Å². The first-order chi connectivity index (χ1) is 30.0. The van der Waals surface area contributed by atoms with Gasteiger partial charge in [-0.05, 0) is 59.4 Å². The predicted octanol–water partition coefficient (Wildman–Crippen LogP) is 8.33. The number of aromatic nitrogens is 6. The van der Waals surface area contributed by atoms with Crippen molar-refractivity contribution in [1.29, 1.82) is 0 Å². The van der Waals surface area contributed by atoms with Gasteiger partial charge < -0.3 is 34.8 Å². The molecule has 6 aromatic rings. The molecule has 63 heavy (non-hydrogen) atoms. The van der Waals surface area contributed by atoms with Crippen molar-refractivity contribution < 1.29 is 51.0 Å². The van der Waals surface area contributed by atoms with E-state index in [1.807, 2.05) is 0 Å². The third-order valence-electron chi connectivity index (χ3n) is 10.7.